The second kappa shape index (κ2) is 4.32. The van der Waals surface area contributed by atoms with Gasteiger partial charge in [-0.1, -0.05) is 51.1 Å². The Kier molecular flexibility index (Phi) is 3.34. The quantitative estimate of drug-likeness (QED) is 0.646. The first-order chi connectivity index (χ1) is 6.54. The molecule has 1 nitrogen and oxygen atoms in total. The smallest absolute Gasteiger partial charge is 0.101 e. The Morgan fingerprint density at radius 2 is 1.71 bits per heavy atom. The van der Waals surface area contributed by atoms with Crippen molar-refractivity contribution in [1.29, 1.82) is 0 Å². The summed E-state index contributed by atoms with van der Waals surface area (Å²) >= 11 is 0. The van der Waals surface area contributed by atoms with Gasteiger partial charge in [-0.25, -0.2) is 0 Å². The molecule has 0 unspecified atom stereocenters. The van der Waals surface area contributed by atoms with E-state index in [2.05, 4.69) is 39.0 Å². The minimum absolute atomic E-state index is 0.0601. The van der Waals surface area contributed by atoms with Crippen LogP contribution >= 0.6 is 0 Å². The number of ether oxygens (including phenoxy) is 1. The minimum Gasteiger partial charge on any atom is -0.501 e. The van der Waals surface area contributed by atoms with Crippen LogP contribution in [-0.4, -0.2) is 7.11 Å². The lowest BCUT2D eigenvalue weighted by Gasteiger charge is -2.21. The lowest BCUT2D eigenvalue weighted by Crippen LogP contribution is -2.10. The van der Waals surface area contributed by atoms with Crippen LogP contribution in [0.1, 0.15) is 26.3 Å². The molecule has 1 rings (SSSR count). The Labute approximate surface area is 86.4 Å². The molecule has 0 atom stereocenters. The fourth-order valence-corrected chi connectivity index (χ4v) is 1.28. The van der Waals surface area contributed by atoms with Crippen molar-refractivity contribution in [2.24, 2.45) is 5.41 Å². The van der Waals surface area contributed by atoms with Crippen molar-refractivity contribution < 1.29 is 4.74 Å². The molecule has 0 aliphatic rings. The average Bonchev–Trinajstić information content (AvgIpc) is 2.14. The first-order valence-electron chi connectivity index (χ1n) is 4.85. The first-order valence-corrected chi connectivity index (χ1v) is 4.85. The third kappa shape index (κ3) is 2.91. The highest BCUT2D eigenvalue weighted by molar-refractivity contribution is 5.52. The molecule has 0 radical (unpaired) electrons. The summed E-state index contributed by atoms with van der Waals surface area (Å²) in [4.78, 5) is 0. The van der Waals surface area contributed by atoms with Crippen LogP contribution in [-0.2, 0) is 4.74 Å². The van der Waals surface area contributed by atoms with Gasteiger partial charge in [0.1, 0.15) is 5.76 Å². The number of hydrogen-bond acceptors (Lipinski definition) is 1. The Bertz CT molecular complexity index is 304. The summed E-state index contributed by atoms with van der Waals surface area (Å²) in [7, 11) is 1.72. The van der Waals surface area contributed by atoms with E-state index in [-0.39, 0.29) is 5.41 Å². The molecule has 14 heavy (non-hydrogen) atoms. The van der Waals surface area contributed by atoms with Crippen molar-refractivity contribution in [2.45, 2.75) is 20.8 Å². The number of methoxy groups -OCH3 is 1. The van der Waals surface area contributed by atoms with Gasteiger partial charge in [-0.05, 0) is 11.6 Å². The summed E-state index contributed by atoms with van der Waals surface area (Å²) in [6.45, 7) is 6.43. The van der Waals surface area contributed by atoms with E-state index >= 15 is 0 Å². The first kappa shape index (κ1) is 10.8. The van der Waals surface area contributed by atoms with Crippen molar-refractivity contribution in [3.63, 3.8) is 0 Å². The fraction of sp³-hybridized carbons (Fsp3) is 0.385. The van der Waals surface area contributed by atoms with E-state index in [1.807, 2.05) is 18.2 Å². The van der Waals surface area contributed by atoms with Gasteiger partial charge in [0.2, 0.25) is 0 Å². The van der Waals surface area contributed by atoms with E-state index in [0.717, 1.165) is 5.76 Å². The van der Waals surface area contributed by atoms with Crippen LogP contribution in [0.5, 0.6) is 0 Å². The van der Waals surface area contributed by atoms with Crippen LogP contribution in [0.25, 0.3) is 6.08 Å². The van der Waals surface area contributed by atoms with Crippen molar-refractivity contribution in [1.82, 2.24) is 0 Å². The maximum atomic E-state index is 5.38. The van der Waals surface area contributed by atoms with Crippen LogP contribution in [0.15, 0.2) is 36.1 Å². The van der Waals surface area contributed by atoms with Crippen LogP contribution in [0.3, 0.4) is 0 Å². The molecule has 0 N–H and O–H groups in total. The summed E-state index contributed by atoms with van der Waals surface area (Å²) in [5.74, 6) is 1.00. The van der Waals surface area contributed by atoms with Gasteiger partial charge in [-0.2, -0.15) is 0 Å². The molecule has 0 fully saturated rings. The summed E-state index contributed by atoms with van der Waals surface area (Å²) in [6, 6.07) is 10.2. The SMILES string of the molecule is COC(=Cc1ccccc1)C(C)(C)C. The zero-order chi connectivity index (χ0) is 10.6. The second-order valence-corrected chi connectivity index (χ2v) is 4.37. The van der Waals surface area contributed by atoms with Gasteiger partial charge >= 0.3 is 0 Å². The highest BCUT2D eigenvalue weighted by Crippen LogP contribution is 2.27. The maximum absolute atomic E-state index is 5.38. The molecule has 1 aromatic rings. The zero-order valence-corrected chi connectivity index (χ0v) is 9.37. The average molecular weight is 190 g/mol. The van der Waals surface area contributed by atoms with Crippen molar-refractivity contribution in [3.05, 3.63) is 41.7 Å². The summed E-state index contributed by atoms with van der Waals surface area (Å²) in [5.41, 5.74) is 1.24. The van der Waals surface area contributed by atoms with Crippen LogP contribution < -0.4 is 0 Å². The summed E-state index contributed by atoms with van der Waals surface area (Å²) < 4.78 is 5.38. The monoisotopic (exact) mass is 190 g/mol. The molecular weight excluding hydrogens is 172 g/mol. The number of allylic oxidation sites excluding steroid dienone is 1. The Morgan fingerprint density at radius 1 is 1.14 bits per heavy atom. The molecule has 76 valence electrons. The molecule has 1 aromatic carbocycles. The molecule has 1 heteroatoms. The van der Waals surface area contributed by atoms with Crippen LogP contribution in [0.4, 0.5) is 0 Å². The number of benzene rings is 1. The molecule has 0 aliphatic carbocycles. The summed E-state index contributed by atoms with van der Waals surface area (Å²) in [6.07, 6.45) is 2.08. The van der Waals surface area contributed by atoms with Crippen molar-refractivity contribution in [2.75, 3.05) is 7.11 Å². The Hall–Kier alpha value is -1.24. The van der Waals surface area contributed by atoms with Gasteiger partial charge in [0.15, 0.2) is 0 Å². The number of rotatable bonds is 2. The molecule has 0 saturated carbocycles. The van der Waals surface area contributed by atoms with Gasteiger partial charge < -0.3 is 4.74 Å². The Morgan fingerprint density at radius 3 is 2.14 bits per heavy atom. The van der Waals surface area contributed by atoms with Crippen LogP contribution in [0, 0.1) is 5.41 Å². The number of hydrogen-bond donors (Lipinski definition) is 0. The third-order valence-electron chi connectivity index (χ3n) is 2.06. The van der Waals surface area contributed by atoms with Gasteiger partial charge in [0.05, 0.1) is 7.11 Å². The zero-order valence-electron chi connectivity index (χ0n) is 9.37. The van der Waals surface area contributed by atoms with Crippen molar-refractivity contribution in [3.8, 4) is 0 Å². The molecular formula is C13H18O. The van der Waals surface area contributed by atoms with E-state index in [9.17, 15) is 0 Å². The molecule has 0 saturated heterocycles. The molecule has 0 spiro atoms. The van der Waals surface area contributed by atoms with E-state index in [4.69, 9.17) is 4.74 Å². The van der Waals surface area contributed by atoms with Gasteiger partial charge in [0.25, 0.3) is 0 Å². The molecule has 0 aromatic heterocycles. The van der Waals surface area contributed by atoms with Gasteiger partial charge in [-0.3, -0.25) is 0 Å². The third-order valence-corrected chi connectivity index (χ3v) is 2.06. The van der Waals surface area contributed by atoms with Gasteiger partial charge in [0, 0.05) is 5.41 Å². The summed E-state index contributed by atoms with van der Waals surface area (Å²) in [5, 5.41) is 0. The fourth-order valence-electron chi connectivity index (χ4n) is 1.28. The second-order valence-electron chi connectivity index (χ2n) is 4.37. The largest absolute Gasteiger partial charge is 0.501 e. The molecule has 0 amide bonds. The van der Waals surface area contributed by atoms with E-state index < -0.39 is 0 Å². The van der Waals surface area contributed by atoms with E-state index in [1.165, 1.54) is 5.56 Å². The predicted molar refractivity (Wildman–Crippen MR) is 60.9 cm³/mol. The lowest BCUT2D eigenvalue weighted by atomic mass is 9.92. The highest BCUT2D eigenvalue weighted by Gasteiger charge is 2.17. The molecule has 0 heterocycles. The topological polar surface area (TPSA) is 9.23 Å². The van der Waals surface area contributed by atoms with E-state index in [1.54, 1.807) is 7.11 Å². The standard InChI is InChI=1S/C13H18O/c1-13(2,3)12(14-4)10-11-8-6-5-7-9-11/h5-10H,1-4H3. The minimum atomic E-state index is 0.0601. The normalized spacial score (nSPS) is 12.7. The Balaban J connectivity index is 2.96. The highest BCUT2D eigenvalue weighted by atomic mass is 16.5. The lowest BCUT2D eigenvalue weighted by molar-refractivity contribution is 0.211. The molecule has 0 aliphatic heterocycles. The molecule has 0 bridgehead atoms. The van der Waals surface area contributed by atoms with Gasteiger partial charge in [-0.15, -0.1) is 0 Å². The maximum Gasteiger partial charge on any atom is 0.101 e. The van der Waals surface area contributed by atoms with Crippen LogP contribution in [0.2, 0.25) is 0 Å². The van der Waals surface area contributed by atoms with E-state index in [0.29, 0.717) is 0 Å². The van der Waals surface area contributed by atoms with Crippen molar-refractivity contribution >= 4 is 6.08 Å². The predicted octanol–water partition coefficient (Wildman–Crippen LogP) is 3.72.